The third kappa shape index (κ3) is 3.59. The van der Waals surface area contributed by atoms with Gasteiger partial charge in [0.1, 0.15) is 0 Å². The van der Waals surface area contributed by atoms with Gasteiger partial charge in [0.05, 0.1) is 16.4 Å². The fourth-order valence-electron chi connectivity index (χ4n) is 4.20. The van der Waals surface area contributed by atoms with Gasteiger partial charge in [-0.15, -0.1) is 0 Å². The number of aromatic nitrogens is 3. The molecule has 1 amide bonds. The van der Waals surface area contributed by atoms with Crippen LogP contribution in [0.15, 0.2) is 60.8 Å². The number of carbonyl (C=O) groups excluding carboxylic acids is 1. The molecule has 1 aliphatic carbocycles. The van der Waals surface area contributed by atoms with E-state index in [9.17, 15) is 18.0 Å². The van der Waals surface area contributed by atoms with E-state index in [1.807, 2.05) is 18.2 Å². The van der Waals surface area contributed by atoms with Crippen LogP contribution in [0.4, 0.5) is 24.7 Å². The van der Waals surface area contributed by atoms with Crippen LogP contribution < -0.4 is 11.1 Å². The minimum Gasteiger partial charge on any atom is -0.382 e. The highest BCUT2D eigenvalue weighted by molar-refractivity contribution is 6.02. The molecule has 0 atom stereocenters. The number of pyridine rings is 1. The van der Waals surface area contributed by atoms with Crippen molar-refractivity contribution in [1.82, 2.24) is 14.8 Å². The van der Waals surface area contributed by atoms with E-state index in [4.69, 9.17) is 5.73 Å². The summed E-state index contributed by atoms with van der Waals surface area (Å²) >= 11 is 0. The van der Waals surface area contributed by atoms with Crippen molar-refractivity contribution in [2.45, 2.75) is 24.4 Å². The minimum absolute atomic E-state index is 0.308. The standard InChI is InChI=1S/C24H20F3N5O/c1-32-21-19(20(28)31-32)18(9-12-29-21)14-5-7-17(8-6-14)30-22(33)23(10-11-23)15-3-2-4-16(13-15)24(25,26)27/h2-9,12-13H,10-11H2,1H3,(H2,28,31)(H,30,33). The second kappa shape index (κ2) is 7.33. The molecular weight excluding hydrogens is 431 g/mol. The lowest BCUT2D eigenvalue weighted by Crippen LogP contribution is -2.28. The molecule has 0 saturated heterocycles. The average Bonchev–Trinajstić information content (AvgIpc) is 3.55. The smallest absolute Gasteiger partial charge is 0.382 e. The van der Waals surface area contributed by atoms with Crippen molar-refractivity contribution in [3.63, 3.8) is 0 Å². The van der Waals surface area contributed by atoms with E-state index in [1.165, 1.54) is 6.07 Å². The normalized spacial score (nSPS) is 14.9. The van der Waals surface area contributed by atoms with Crippen LogP contribution in [0.2, 0.25) is 0 Å². The van der Waals surface area contributed by atoms with E-state index in [2.05, 4.69) is 15.4 Å². The van der Waals surface area contributed by atoms with Crippen LogP contribution in [-0.2, 0) is 23.4 Å². The van der Waals surface area contributed by atoms with Crippen LogP contribution in [0, 0.1) is 0 Å². The number of nitrogens with zero attached hydrogens (tertiary/aromatic N) is 3. The summed E-state index contributed by atoms with van der Waals surface area (Å²) in [5, 5.41) is 7.83. The van der Waals surface area contributed by atoms with Crippen LogP contribution >= 0.6 is 0 Å². The number of amides is 1. The molecule has 168 valence electrons. The van der Waals surface area contributed by atoms with Crippen molar-refractivity contribution in [2.24, 2.45) is 7.05 Å². The Morgan fingerprint density at radius 2 is 1.85 bits per heavy atom. The van der Waals surface area contributed by atoms with Gasteiger partial charge in [-0.3, -0.25) is 4.79 Å². The van der Waals surface area contributed by atoms with Crippen molar-refractivity contribution in [3.8, 4) is 11.1 Å². The second-order valence-electron chi connectivity index (χ2n) is 8.26. The largest absolute Gasteiger partial charge is 0.416 e. The maximum atomic E-state index is 13.1. The summed E-state index contributed by atoms with van der Waals surface area (Å²) in [7, 11) is 1.77. The number of benzene rings is 2. The Morgan fingerprint density at radius 1 is 1.12 bits per heavy atom. The molecule has 0 aliphatic heterocycles. The summed E-state index contributed by atoms with van der Waals surface area (Å²) in [5.41, 5.74) is 7.74. The molecular formula is C24H20F3N5O. The number of nitrogens with two attached hydrogens (primary N) is 1. The Bertz CT molecular complexity index is 1370. The Labute approximate surface area is 187 Å². The van der Waals surface area contributed by atoms with Crippen molar-refractivity contribution in [2.75, 3.05) is 11.1 Å². The Balaban J connectivity index is 1.39. The summed E-state index contributed by atoms with van der Waals surface area (Å²) in [6.07, 6.45) is -1.75. The van der Waals surface area contributed by atoms with Crippen LogP contribution in [0.5, 0.6) is 0 Å². The number of alkyl halides is 3. The fraction of sp³-hybridized carbons (Fsp3) is 0.208. The molecule has 3 N–H and O–H groups in total. The molecule has 2 aromatic carbocycles. The number of carbonyl (C=O) groups is 1. The molecule has 2 heterocycles. The first kappa shape index (κ1) is 21.0. The Hall–Kier alpha value is -3.88. The van der Waals surface area contributed by atoms with Gasteiger partial charge in [0.15, 0.2) is 11.5 Å². The SMILES string of the molecule is Cn1nc(N)c2c(-c3ccc(NC(=O)C4(c5cccc(C(F)(F)F)c5)CC4)cc3)ccnc21. The van der Waals surface area contributed by atoms with Gasteiger partial charge in [0, 0.05) is 18.9 Å². The van der Waals surface area contributed by atoms with Crippen LogP contribution in [-0.4, -0.2) is 20.7 Å². The molecule has 1 aliphatic rings. The average molecular weight is 451 g/mol. The van der Waals surface area contributed by atoms with Gasteiger partial charge in [-0.1, -0.05) is 30.3 Å². The highest BCUT2D eigenvalue weighted by atomic mass is 19.4. The van der Waals surface area contributed by atoms with Crippen molar-refractivity contribution >= 4 is 28.4 Å². The van der Waals surface area contributed by atoms with E-state index in [1.54, 1.807) is 36.1 Å². The summed E-state index contributed by atoms with van der Waals surface area (Å²) in [6, 6.07) is 14.1. The first-order valence-electron chi connectivity index (χ1n) is 10.4. The van der Waals surface area contributed by atoms with Gasteiger partial charge in [-0.25, -0.2) is 9.67 Å². The van der Waals surface area contributed by atoms with Gasteiger partial charge in [-0.05, 0) is 53.8 Å². The summed E-state index contributed by atoms with van der Waals surface area (Å²) in [5.74, 6) is 0.0714. The third-order valence-electron chi connectivity index (χ3n) is 6.13. The molecule has 1 saturated carbocycles. The molecule has 1 fully saturated rings. The number of hydrogen-bond donors (Lipinski definition) is 2. The van der Waals surface area contributed by atoms with Crippen molar-refractivity contribution in [3.05, 3.63) is 71.9 Å². The van der Waals surface area contributed by atoms with E-state index < -0.39 is 17.2 Å². The van der Waals surface area contributed by atoms with Crippen molar-refractivity contribution < 1.29 is 18.0 Å². The number of nitrogen functional groups attached to an aromatic ring is 1. The molecule has 0 radical (unpaired) electrons. The first-order valence-corrected chi connectivity index (χ1v) is 10.4. The molecule has 0 unspecified atom stereocenters. The highest BCUT2D eigenvalue weighted by Gasteiger charge is 2.51. The number of aryl methyl sites for hydroxylation is 1. The number of halogens is 3. The zero-order chi connectivity index (χ0) is 23.4. The predicted octanol–water partition coefficient (Wildman–Crippen LogP) is 4.91. The summed E-state index contributed by atoms with van der Waals surface area (Å²) in [6.45, 7) is 0. The molecule has 0 spiro atoms. The monoisotopic (exact) mass is 451 g/mol. The maximum absolute atomic E-state index is 13.1. The third-order valence-corrected chi connectivity index (χ3v) is 6.13. The lowest BCUT2D eigenvalue weighted by molar-refractivity contribution is -0.137. The highest BCUT2D eigenvalue weighted by Crippen LogP contribution is 2.50. The quantitative estimate of drug-likeness (QED) is 0.462. The number of hydrogen-bond acceptors (Lipinski definition) is 4. The van der Waals surface area contributed by atoms with Gasteiger partial charge >= 0.3 is 6.18 Å². The van der Waals surface area contributed by atoms with Gasteiger partial charge in [0.2, 0.25) is 5.91 Å². The van der Waals surface area contributed by atoms with Crippen LogP contribution in [0.1, 0.15) is 24.0 Å². The number of nitrogens with one attached hydrogen (secondary N) is 1. The van der Waals surface area contributed by atoms with E-state index >= 15 is 0 Å². The first-order chi connectivity index (χ1) is 15.7. The van der Waals surface area contributed by atoms with Crippen LogP contribution in [0.25, 0.3) is 22.2 Å². The minimum atomic E-state index is -4.45. The molecule has 6 nitrogen and oxygen atoms in total. The Kier molecular flexibility index (Phi) is 4.66. The number of fused-ring (bicyclic) bond motifs is 1. The Morgan fingerprint density at radius 3 is 2.52 bits per heavy atom. The summed E-state index contributed by atoms with van der Waals surface area (Å²) < 4.78 is 40.9. The fourth-order valence-corrected chi connectivity index (χ4v) is 4.20. The lowest BCUT2D eigenvalue weighted by Gasteiger charge is -2.18. The molecule has 9 heteroatoms. The lowest BCUT2D eigenvalue weighted by atomic mass is 9.93. The van der Waals surface area contributed by atoms with Crippen LogP contribution in [0.3, 0.4) is 0 Å². The van der Waals surface area contributed by atoms with E-state index in [0.29, 0.717) is 35.6 Å². The topological polar surface area (TPSA) is 85.8 Å². The van der Waals surface area contributed by atoms with E-state index in [0.717, 1.165) is 28.6 Å². The number of rotatable bonds is 4. The van der Waals surface area contributed by atoms with Gasteiger partial charge in [0.25, 0.3) is 0 Å². The zero-order valence-corrected chi connectivity index (χ0v) is 17.6. The predicted molar refractivity (Wildman–Crippen MR) is 119 cm³/mol. The van der Waals surface area contributed by atoms with Crippen molar-refractivity contribution in [1.29, 1.82) is 0 Å². The molecule has 4 aromatic rings. The van der Waals surface area contributed by atoms with E-state index in [-0.39, 0.29) is 5.91 Å². The zero-order valence-electron chi connectivity index (χ0n) is 17.6. The molecule has 5 rings (SSSR count). The van der Waals surface area contributed by atoms with Gasteiger partial charge < -0.3 is 11.1 Å². The summed E-state index contributed by atoms with van der Waals surface area (Å²) in [4.78, 5) is 17.3. The molecule has 33 heavy (non-hydrogen) atoms. The maximum Gasteiger partial charge on any atom is 0.416 e. The second-order valence-corrected chi connectivity index (χ2v) is 8.26. The molecule has 0 bridgehead atoms. The number of anilines is 2. The molecule has 2 aromatic heterocycles. The van der Waals surface area contributed by atoms with Gasteiger partial charge in [-0.2, -0.15) is 18.3 Å².